The Labute approximate surface area is 167 Å². The first-order valence-corrected chi connectivity index (χ1v) is 9.10. The number of halogens is 1. The van der Waals surface area contributed by atoms with Crippen LogP contribution in [0.5, 0.6) is 0 Å². The molecule has 146 valence electrons. The summed E-state index contributed by atoms with van der Waals surface area (Å²) in [5, 5.41) is 19.9. The Kier molecular flexibility index (Phi) is 6.46. The Hall–Kier alpha value is -2.67. The standard InChI is InChI=1S/C21H19ClO6/c22-16-11-15(12-27-20(25)13-7-3-1-4-8-13)17(23)19(18(16)24)28-21(26)14-9-5-2-6-10-14/h1-11,16-19,23-24H,12H2/t16-,17-,18-,19-/m0/s1. The highest BCUT2D eigenvalue weighted by atomic mass is 35.5. The monoisotopic (exact) mass is 402 g/mol. The Bertz CT molecular complexity index is 852. The largest absolute Gasteiger partial charge is 0.457 e. The van der Waals surface area contributed by atoms with Crippen molar-refractivity contribution in [1.82, 2.24) is 0 Å². The Balaban J connectivity index is 1.68. The van der Waals surface area contributed by atoms with E-state index in [0.29, 0.717) is 5.56 Å². The van der Waals surface area contributed by atoms with Crippen LogP contribution in [0.1, 0.15) is 20.7 Å². The van der Waals surface area contributed by atoms with Gasteiger partial charge >= 0.3 is 11.9 Å². The van der Waals surface area contributed by atoms with Crippen LogP contribution in [0.3, 0.4) is 0 Å². The average molecular weight is 403 g/mol. The summed E-state index contributed by atoms with van der Waals surface area (Å²) in [5.41, 5.74) is 0.892. The molecule has 28 heavy (non-hydrogen) atoms. The number of hydrogen-bond donors (Lipinski definition) is 2. The van der Waals surface area contributed by atoms with Crippen LogP contribution in [0.15, 0.2) is 72.3 Å². The summed E-state index contributed by atoms with van der Waals surface area (Å²) in [6.45, 7) is -0.246. The van der Waals surface area contributed by atoms with Crippen molar-refractivity contribution in [3.8, 4) is 0 Å². The molecule has 0 aliphatic heterocycles. The van der Waals surface area contributed by atoms with Crippen LogP contribution >= 0.6 is 11.6 Å². The van der Waals surface area contributed by atoms with Crippen LogP contribution in [0.2, 0.25) is 0 Å². The molecule has 7 heteroatoms. The van der Waals surface area contributed by atoms with E-state index in [4.69, 9.17) is 21.1 Å². The maximum Gasteiger partial charge on any atom is 0.338 e. The van der Waals surface area contributed by atoms with E-state index >= 15 is 0 Å². The molecule has 1 aliphatic carbocycles. The third kappa shape index (κ3) is 4.59. The highest BCUT2D eigenvalue weighted by Gasteiger charge is 2.41. The molecule has 6 nitrogen and oxygen atoms in total. The molecule has 0 amide bonds. The summed E-state index contributed by atoms with van der Waals surface area (Å²) in [5.74, 6) is -1.26. The van der Waals surface area contributed by atoms with Gasteiger partial charge in [0.2, 0.25) is 0 Å². The minimum atomic E-state index is -1.36. The van der Waals surface area contributed by atoms with Crippen molar-refractivity contribution in [3.63, 3.8) is 0 Å². The van der Waals surface area contributed by atoms with E-state index < -0.39 is 35.6 Å². The van der Waals surface area contributed by atoms with E-state index in [1.54, 1.807) is 60.7 Å². The molecule has 1 aliphatic rings. The number of rotatable bonds is 5. The lowest BCUT2D eigenvalue weighted by molar-refractivity contribution is -0.0688. The van der Waals surface area contributed by atoms with Gasteiger partial charge in [0.05, 0.1) is 16.5 Å². The summed E-state index contributed by atoms with van der Waals surface area (Å²) in [4.78, 5) is 24.4. The maximum absolute atomic E-state index is 12.3. The topological polar surface area (TPSA) is 93.1 Å². The predicted octanol–water partition coefficient (Wildman–Crippen LogP) is 2.34. The molecule has 0 aromatic heterocycles. The third-order valence-corrected chi connectivity index (χ3v) is 4.74. The van der Waals surface area contributed by atoms with Gasteiger partial charge in [-0.25, -0.2) is 9.59 Å². The summed E-state index contributed by atoms with van der Waals surface area (Å²) in [7, 11) is 0. The molecule has 2 N–H and O–H groups in total. The van der Waals surface area contributed by atoms with Crippen molar-refractivity contribution >= 4 is 23.5 Å². The average Bonchev–Trinajstić information content (AvgIpc) is 2.73. The number of benzene rings is 2. The first kappa shape index (κ1) is 20.1. The summed E-state index contributed by atoms with van der Waals surface area (Å²) >= 11 is 6.11. The second-order valence-corrected chi connectivity index (χ2v) is 6.80. The predicted molar refractivity (Wildman–Crippen MR) is 102 cm³/mol. The van der Waals surface area contributed by atoms with Gasteiger partial charge in [0, 0.05) is 0 Å². The lowest BCUT2D eigenvalue weighted by Gasteiger charge is -2.34. The van der Waals surface area contributed by atoms with Crippen molar-refractivity contribution in [2.24, 2.45) is 0 Å². The van der Waals surface area contributed by atoms with Gasteiger partial charge in [0.15, 0.2) is 6.10 Å². The van der Waals surface area contributed by atoms with Crippen LogP contribution in [-0.2, 0) is 9.47 Å². The van der Waals surface area contributed by atoms with Crippen molar-refractivity contribution in [1.29, 1.82) is 0 Å². The minimum Gasteiger partial charge on any atom is -0.457 e. The zero-order valence-corrected chi connectivity index (χ0v) is 15.5. The van der Waals surface area contributed by atoms with Crippen LogP contribution in [-0.4, -0.2) is 52.4 Å². The first-order chi connectivity index (χ1) is 13.5. The molecular formula is C21H19ClO6. The molecular weight excluding hydrogens is 384 g/mol. The van der Waals surface area contributed by atoms with Crippen LogP contribution in [0.25, 0.3) is 0 Å². The minimum absolute atomic E-state index is 0.246. The van der Waals surface area contributed by atoms with Crippen LogP contribution in [0, 0.1) is 0 Å². The van der Waals surface area contributed by atoms with Crippen LogP contribution in [0.4, 0.5) is 0 Å². The van der Waals surface area contributed by atoms with Gasteiger partial charge in [-0.3, -0.25) is 0 Å². The molecule has 0 fully saturated rings. The summed E-state index contributed by atoms with van der Waals surface area (Å²) < 4.78 is 10.5. The zero-order chi connectivity index (χ0) is 20.1. The van der Waals surface area contributed by atoms with E-state index in [2.05, 4.69) is 0 Å². The van der Waals surface area contributed by atoms with Gasteiger partial charge in [0.25, 0.3) is 0 Å². The molecule has 0 spiro atoms. The maximum atomic E-state index is 12.3. The molecule has 0 saturated heterocycles. The van der Waals surface area contributed by atoms with Gasteiger partial charge < -0.3 is 19.7 Å². The SMILES string of the molecule is O=C(OCC1=C[C@H](Cl)[C@H](O)[C@@H](OC(=O)c2ccccc2)[C@H]1O)c1ccccc1. The molecule has 0 heterocycles. The highest BCUT2D eigenvalue weighted by Crippen LogP contribution is 2.27. The van der Waals surface area contributed by atoms with E-state index in [-0.39, 0.29) is 17.7 Å². The van der Waals surface area contributed by atoms with Crippen molar-refractivity contribution < 1.29 is 29.3 Å². The highest BCUT2D eigenvalue weighted by molar-refractivity contribution is 6.22. The Morgan fingerprint density at radius 1 is 0.893 bits per heavy atom. The lowest BCUT2D eigenvalue weighted by Crippen LogP contribution is -2.50. The number of carbonyl (C=O) groups excluding carboxylic acids is 2. The number of aliphatic hydroxyl groups is 2. The number of esters is 2. The fraction of sp³-hybridized carbons (Fsp3) is 0.238. The van der Waals surface area contributed by atoms with Gasteiger partial charge in [-0.2, -0.15) is 0 Å². The van der Waals surface area contributed by atoms with Crippen LogP contribution < -0.4 is 0 Å². The van der Waals surface area contributed by atoms with E-state index in [1.807, 2.05) is 0 Å². The van der Waals surface area contributed by atoms with Gasteiger partial charge in [0.1, 0.15) is 18.8 Å². The van der Waals surface area contributed by atoms with E-state index in [9.17, 15) is 19.8 Å². The van der Waals surface area contributed by atoms with Crippen molar-refractivity contribution in [3.05, 3.63) is 83.4 Å². The number of carbonyl (C=O) groups is 2. The number of ether oxygens (including phenoxy) is 2. The van der Waals surface area contributed by atoms with Gasteiger partial charge in [-0.05, 0) is 29.8 Å². The normalized spacial score (nSPS) is 24.2. The van der Waals surface area contributed by atoms with Crippen molar-refractivity contribution in [2.75, 3.05) is 6.61 Å². The summed E-state index contributed by atoms with van der Waals surface area (Å²) in [6.07, 6.45) is -2.55. The fourth-order valence-electron chi connectivity index (χ4n) is 2.82. The van der Waals surface area contributed by atoms with Gasteiger partial charge in [-0.15, -0.1) is 11.6 Å². The van der Waals surface area contributed by atoms with Gasteiger partial charge in [-0.1, -0.05) is 42.5 Å². The fourth-order valence-corrected chi connectivity index (χ4v) is 3.13. The molecule has 4 atom stereocenters. The molecule has 0 saturated carbocycles. The molecule has 0 radical (unpaired) electrons. The Morgan fingerprint density at radius 2 is 1.43 bits per heavy atom. The summed E-state index contributed by atoms with van der Waals surface area (Å²) in [6, 6.07) is 16.6. The molecule has 3 rings (SSSR count). The van der Waals surface area contributed by atoms with E-state index in [1.165, 1.54) is 6.08 Å². The second-order valence-electron chi connectivity index (χ2n) is 6.30. The molecule has 0 unspecified atom stereocenters. The second kappa shape index (κ2) is 9.01. The molecule has 0 bridgehead atoms. The third-order valence-electron chi connectivity index (χ3n) is 4.36. The zero-order valence-electron chi connectivity index (χ0n) is 14.8. The van der Waals surface area contributed by atoms with E-state index in [0.717, 1.165) is 0 Å². The molecule has 2 aromatic carbocycles. The number of alkyl halides is 1. The smallest absolute Gasteiger partial charge is 0.338 e. The quantitative estimate of drug-likeness (QED) is 0.453. The number of hydrogen-bond acceptors (Lipinski definition) is 6. The van der Waals surface area contributed by atoms with Crippen molar-refractivity contribution in [2.45, 2.75) is 23.7 Å². The number of aliphatic hydroxyl groups excluding tert-OH is 2. The lowest BCUT2D eigenvalue weighted by atomic mass is 9.91. The Morgan fingerprint density at radius 3 is 2.00 bits per heavy atom. The molecule has 2 aromatic rings. The first-order valence-electron chi connectivity index (χ1n) is 8.66.